The van der Waals surface area contributed by atoms with Crippen molar-refractivity contribution in [3.8, 4) is 0 Å². The predicted octanol–water partition coefficient (Wildman–Crippen LogP) is 5.83. The first-order valence-corrected chi connectivity index (χ1v) is 7.43. The SMILES string of the molecule is FC(F)(F)c1ccc(CC(Cl)c2cccc(I)c2)cc1. The van der Waals surface area contributed by atoms with Gasteiger partial charge in [0.05, 0.1) is 10.9 Å². The third kappa shape index (κ3) is 4.12. The van der Waals surface area contributed by atoms with Gasteiger partial charge in [0.25, 0.3) is 0 Å². The van der Waals surface area contributed by atoms with Gasteiger partial charge in [0.1, 0.15) is 0 Å². The van der Waals surface area contributed by atoms with Crippen molar-refractivity contribution in [2.24, 2.45) is 0 Å². The Bertz CT molecular complexity index is 578. The second-order valence-electron chi connectivity index (χ2n) is 4.42. The molecule has 5 heteroatoms. The van der Waals surface area contributed by atoms with Crippen LogP contribution in [0.1, 0.15) is 22.1 Å². The molecule has 0 radical (unpaired) electrons. The van der Waals surface area contributed by atoms with Crippen molar-refractivity contribution in [3.63, 3.8) is 0 Å². The standard InChI is InChI=1S/C15H11ClF3I/c16-14(11-2-1-3-13(20)9-11)8-10-4-6-12(7-5-10)15(17,18)19/h1-7,9,14H,8H2. The number of rotatable bonds is 3. The first-order chi connectivity index (χ1) is 9.36. The average Bonchev–Trinajstić information content (AvgIpc) is 2.38. The molecule has 0 saturated carbocycles. The van der Waals surface area contributed by atoms with Gasteiger partial charge in [-0.05, 0) is 64.4 Å². The first kappa shape index (κ1) is 15.6. The van der Waals surface area contributed by atoms with E-state index in [1.54, 1.807) is 0 Å². The molecule has 2 aromatic carbocycles. The van der Waals surface area contributed by atoms with Crippen LogP contribution in [0.4, 0.5) is 13.2 Å². The Kier molecular flexibility index (Phi) is 4.96. The van der Waals surface area contributed by atoms with Crippen LogP contribution in [0.2, 0.25) is 0 Å². The summed E-state index contributed by atoms with van der Waals surface area (Å²) < 4.78 is 38.5. The Morgan fingerprint density at radius 1 is 1.05 bits per heavy atom. The lowest BCUT2D eigenvalue weighted by molar-refractivity contribution is -0.137. The van der Waals surface area contributed by atoms with Gasteiger partial charge in [-0.2, -0.15) is 13.2 Å². The van der Waals surface area contributed by atoms with Crippen molar-refractivity contribution in [3.05, 3.63) is 68.8 Å². The van der Waals surface area contributed by atoms with Crippen LogP contribution in [0.15, 0.2) is 48.5 Å². The summed E-state index contributed by atoms with van der Waals surface area (Å²) in [5, 5.41) is -0.249. The van der Waals surface area contributed by atoms with Crippen molar-refractivity contribution in [1.82, 2.24) is 0 Å². The Hall–Kier alpha value is -0.750. The van der Waals surface area contributed by atoms with Crippen molar-refractivity contribution >= 4 is 34.2 Å². The van der Waals surface area contributed by atoms with Crippen molar-refractivity contribution in [2.45, 2.75) is 18.0 Å². The van der Waals surface area contributed by atoms with E-state index in [2.05, 4.69) is 22.6 Å². The van der Waals surface area contributed by atoms with E-state index in [9.17, 15) is 13.2 Å². The quantitative estimate of drug-likeness (QED) is 0.441. The molecule has 0 nitrogen and oxygen atoms in total. The molecule has 0 bridgehead atoms. The van der Waals surface area contributed by atoms with E-state index in [0.29, 0.717) is 6.42 Å². The maximum absolute atomic E-state index is 12.5. The van der Waals surface area contributed by atoms with Crippen LogP contribution in [0, 0.1) is 3.57 Å². The van der Waals surface area contributed by atoms with Crippen LogP contribution >= 0.6 is 34.2 Å². The molecule has 0 heterocycles. The molecule has 0 aliphatic carbocycles. The molecular weight excluding hydrogens is 400 g/mol. The van der Waals surface area contributed by atoms with Crippen LogP contribution in [0.5, 0.6) is 0 Å². The topological polar surface area (TPSA) is 0 Å². The fourth-order valence-corrected chi connectivity index (χ4v) is 2.74. The molecule has 2 aromatic rings. The molecule has 0 aliphatic heterocycles. The van der Waals surface area contributed by atoms with Gasteiger partial charge >= 0.3 is 6.18 Å². The zero-order chi connectivity index (χ0) is 14.8. The Morgan fingerprint density at radius 3 is 2.25 bits per heavy atom. The lowest BCUT2D eigenvalue weighted by Gasteiger charge is -2.12. The number of hydrogen-bond acceptors (Lipinski definition) is 0. The average molecular weight is 411 g/mol. The summed E-state index contributed by atoms with van der Waals surface area (Å²) in [5.41, 5.74) is 1.12. The highest BCUT2D eigenvalue weighted by molar-refractivity contribution is 14.1. The van der Waals surface area contributed by atoms with Gasteiger partial charge in [-0.1, -0.05) is 24.3 Å². The molecule has 0 saturated heterocycles. The van der Waals surface area contributed by atoms with E-state index >= 15 is 0 Å². The Labute approximate surface area is 134 Å². The summed E-state index contributed by atoms with van der Waals surface area (Å²) >= 11 is 8.52. The highest BCUT2D eigenvalue weighted by Gasteiger charge is 2.29. The molecule has 2 rings (SSSR count). The minimum absolute atomic E-state index is 0.249. The molecule has 1 atom stereocenters. The molecule has 106 valence electrons. The molecule has 1 unspecified atom stereocenters. The first-order valence-electron chi connectivity index (χ1n) is 5.92. The van der Waals surface area contributed by atoms with Gasteiger partial charge in [0, 0.05) is 3.57 Å². The maximum atomic E-state index is 12.5. The zero-order valence-corrected chi connectivity index (χ0v) is 13.2. The lowest BCUT2D eigenvalue weighted by Crippen LogP contribution is -2.05. The van der Waals surface area contributed by atoms with Crippen LogP contribution in [-0.4, -0.2) is 0 Å². The van der Waals surface area contributed by atoms with Crippen LogP contribution in [0.25, 0.3) is 0 Å². The number of benzene rings is 2. The Morgan fingerprint density at radius 2 is 1.70 bits per heavy atom. The van der Waals surface area contributed by atoms with E-state index < -0.39 is 11.7 Å². The normalized spacial score (nSPS) is 13.2. The van der Waals surface area contributed by atoms with E-state index in [4.69, 9.17) is 11.6 Å². The van der Waals surface area contributed by atoms with Crippen molar-refractivity contribution in [2.75, 3.05) is 0 Å². The molecule has 0 spiro atoms. The van der Waals surface area contributed by atoms with Crippen LogP contribution in [0.3, 0.4) is 0 Å². The second-order valence-corrected chi connectivity index (χ2v) is 6.19. The number of hydrogen-bond donors (Lipinski definition) is 0. The van der Waals surface area contributed by atoms with E-state index in [-0.39, 0.29) is 5.38 Å². The molecule has 0 aliphatic rings. The second kappa shape index (κ2) is 6.35. The summed E-state index contributed by atoms with van der Waals surface area (Å²) in [5.74, 6) is 0. The van der Waals surface area contributed by atoms with Crippen LogP contribution in [-0.2, 0) is 12.6 Å². The van der Waals surface area contributed by atoms with Crippen molar-refractivity contribution in [1.29, 1.82) is 0 Å². The van der Waals surface area contributed by atoms with E-state index in [0.717, 1.165) is 26.8 Å². The molecule has 20 heavy (non-hydrogen) atoms. The third-order valence-corrected chi connectivity index (χ3v) is 3.98. The monoisotopic (exact) mass is 410 g/mol. The van der Waals surface area contributed by atoms with Crippen molar-refractivity contribution < 1.29 is 13.2 Å². The fourth-order valence-electron chi connectivity index (χ4n) is 1.86. The smallest absolute Gasteiger partial charge is 0.166 e. The summed E-state index contributed by atoms with van der Waals surface area (Å²) in [7, 11) is 0. The zero-order valence-electron chi connectivity index (χ0n) is 10.3. The summed E-state index contributed by atoms with van der Waals surface area (Å²) in [6.45, 7) is 0. The lowest BCUT2D eigenvalue weighted by atomic mass is 10.0. The summed E-state index contributed by atoms with van der Waals surface area (Å²) in [4.78, 5) is 0. The molecule has 0 N–H and O–H groups in total. The predicted molar refractivity (Wildman–Crippen MR) is 82.9 cm³/mol. The fraction of sp³-hybridized carbons (Fsp3) is 0.200. The van der Waals surface area contributed by atoms with Gasteiger partial charge in [-0.15, -0.1) is 11.6 Å². The summed E-state index contributed by atoms with van der Waals surface area (Å²) in [6, 6.07) is 12.9. The van der Waals surface area contributed by atoms with E-state index in [1.807, 2.05) is 24.3 Å². The minimum Gasteiger partial charge on any atom is -0.166 e. The molecule has 0 amide bonds. The highest BCUT2D eigenvalue weighted by atomic mass is 127. The van der Waals surface area contributed by atoms with Gasteiger partial charge in [-0.25, -0.2) is 0 Å². The van der Waals surface area contributed by atoms with E-state index in [1.165, 1.54) is 12.1 Å². The molecule has 0 aromatic heterocycles. The third-order valence-electron chi connectivity index (χ3n) is 2.91. The van der Waals surface area contributed by atoms with Gasteiger partial charge < -0.3 is 0 Å². The molecular formula is C15H11ClF3I. The number of halogens is 5. The van der Waals surface area contributed by atoms with Gasteiger partial charge in [-0.3, -0.25) is 0 Å². The maximum Gasteiger partial charge on any atom is 0.416 e. The Balaban J connectivity index is 2.10. The van der Waals surface area contributed by atoms with Gasteiger partial charge in [0.2, 0.25) is 0 Å². The minimum atomic E-state index is -4.30. The largest absolute Gasteiger partial charge is 0.416 e. The summed E-state index contributed by atoms with van der Waals surface area (Å²) in [6.07, 6.45) is -3.80. The number of alkyl halides is 4. The van der Waals surface area contributed by atoms with Gasteiger partial charge in [0.15, 0.2) is 0 Å². The molecule has 0 fully saturated rings. The highest BCUT2D eigenvalue weighted by Crippen LogP contribution is 2.31. The van der Waals surface area contributed by atoms with Crippen LogP contribution < -0.4 is 0 Å².